The lowest BCUT2D eigenvalue weighted by atomic mass is 10.1. The van der Waals surface area contributed by atoms with Crippen molar-refractivity contribution in [2.45, 2.75) is 19.4 Å². The SMILES string of the molecule is CCC1CN(C(=O)c2ccccc2)CCN1. The van der Waals surface area contributed by atoms with E-state index in [1.807, 2.05) is 35.2 Å². The third-order valence-electron chi connectivity index (χ3n) is 3.06. The number of rotatable bonds is 2. The third-order valence-corrected chi connectivity index (χ3v) is 3.06. The summed E-state index contributed by atoms with van der Waals surface area (Å²) in [7, 11) is 0. The van der Waals surface area contributed by atoms with Crippen molar-refractivity contribution in [1.29, 1.82) is 0 Å². The minimum Gasteiger partial charge on any atom is -0.336 e. The van der Waals surface area contributed by atoms with Crippen LogP contribution in [0.3, 0.4) is 0 Å². The fourth-order valence-corrected chi connectivity index (χ4v) is 2.05. The van der Waals surface area contributed by atoms with Gasteiger partial charge in [0.1, 0.15) is 0 Å². The Hall–Kier alpha value is -1.35. The molecule has 1 heterocycles. The van der Waals surface area contributed by atoms with Crippen LogP contribution in [0, 0.1) is 0 Å². The fraction of sp³-hybridized carbons (Fsp3) is 0.462. The van der Waals surface area contributed by atoms with Crippen LogP contribution < -0.4 is 5.32 Å². The molecule has 0 radical (unpaired) electrons. The van der Waals surface area contributed by atoms with Crippen molar-refractivity contribution in [2.24, 2.45) is 0 Å². The van der Waals surface area contributed by atoms with Gasteiger partial charge in [-0.05, 0) is 18.6 Å². The Morgan fingerprint density at radius 3 is 2.88 bits per heavy atom. The molecule has 3 heteroatoms. The van der Waals surface area contributed by atoms with Gasteiger partial charge in [-0.3, -0.25) is 4.79 Å². The molecule has 16 heavy (non-hydrogen) atoms. The first-order chi connectivity index (χ1) is 7.81. The Labute approximate surface area is 96.5 Å². The molecule has 1 aromatic rings. The number of hydrogen-bond acceptors (Lipinski definition) is 2. The molecule has 0 saturated carbocycles. The standard InChI is InChI=1S/C13H18N2O/c1-2-12-10-15(9-8-14-12)13(16)11-6-4-3-5-7-11/h3-7,12,14H,2,8-10H2,1H3. The summed E-state index contributed by atoms with van der Waals surface area (Å²) in [5.41, 5.74) is 0.791. The molecule has 0 aliphatic carbocycles. The van der Waals surface area contributed by atoms with Gasteiger partial charge in [-0.1, -0.05) is 25.1 Å². The van der Waals surface area contributed by atoms with E-state index in [-0.39, 0.29) is 5.91 Å². The molecule has 0 spiro atoms. The van der Waals surface area contributed by atoms with E-state index in [1.165, 1.54) is 0 Å². The number of amides is 1. The maximum atomic E-state index is 12.2. The minimum absolute atomic E-state index is 0.153. The van der Waals surface area contributed by atoms with Crippen LogP contribution in [0.2, 0.25) is 0 Å². The van der Waals surface area contributed by atoms with Gasteiger partial charge in [-0.15, -0.1) is 0 Å². The molecule has 1 saturated heterocycles. The highest BCUT2D eigenvalue weighted by Gasteiger charge is 2.22. The second-order valence-electron chi connectivity index (χ2n) is 4.18. The van der Waals surface area contributed by atoms with Crippen LogP contribution >= 0.6 is 0 Å². The number of nitrogens with zero attached hydrogens (tertiary/aromatic N) is 1. The monoisotopic (exact) mass is 218 g/mol. The first-order valence-electron chi connectivity index (χ1n) is 5.89. The van der Waals surface area contributed by atoms with Gasteiger partial charge in [0.25, 0.3) is 5.91 Å². The highest BCUT2D eigenvalue weighted by Crippen LogP contribution is 2.08. The largest absolute Gasteiger partial charge is 0.336 e. The van der Waals surface area contributed by atoms with Crippen LogP contribution in [-0.2, 0) is 0 Å². The van der Waals surface area contributed by atoms with E-state index in [1.54, 1.807) is 0 Å². The van der Waals surface area contributed by atoms with E-state index in [2.05, 4.69) is 12.2 Å². The molecule has 1 amide bonds. The predicted octanol–water partition coefficient (Wildman–Crippen LogP) is 1.51. The van der Waals surface area contributed by atoms with E-state index in [0.29, 0.717) is 6.04 Å². The van der Waals surface area contributed by atoms with Gasteiger partial charge in [0.15, 0.2) is 0 Å². The summed E-state index contributed by atoms with van der Waals surface area (Å²) >= 11 is 0. The van der Waals surface area contributed by atoms with E-state index in [4.69, 9.17) is 0 Å². The van der Waals surface area contributed by atoms with Gasteiger partial charge in [0.05, 0.1) is 0 Å². The van der Waals surface area contributed by atoms with Gasteiger partial charge < -0.3 is 10.2 Å². The molecule has 1 aliphatic rings. The number of benzene rings is 1. The molecule has 1 N–H and O–H groups in total. The number of piperazine rings is 1. The molecule has 0 aromatic heterocycles. The molecule has 1 unspecified atom stereocenters. The number of carbonyl (C=O) groups excluding carboxylic acids is 1. The normalized spacial score (nSPS) is 20.8. The second-order valence-corrected chi connectivity index (χ2v) is 4.18. The van der Waals surface area contributed by atoms with E-state index < -0.39 is 0 Å². The van der Waals surface area contributed by atoms with Crippen LogP contribution in [0.25, 0.3) is 0 Å². The molecule has 1 aliphatic heterocycles. The Bertz CT molecular complexity index is 350. The average molecular weight is 218 g/mol. The molecule has 86 valence electrons. The van der Waals surface area contributed by atoms with Crippen LogP contribution in [0.5, 0.6) is 0 Å². The molecule has 0 bridgehead atoms. The van der Waals surface area contributed by atoms with Crippen LogP contribution in [0.15, 0.2) is 30.3 Å². The summed E-state index contributed by atoms with van der Waals surface area (Å²) in [6.45, 7) is 4.68. The first-order valence-corrected chi connectivity index (χ1v) is 5.89. The van der Waals surface area contributed by atoms with Gasteiger partial charge in [0, 0.05) is 31.2 Å². The summed E-state index contributed by atoms with van der Waals surface area (Å²) < 4.78 is 0. The quantitative estimate of drug-likeness (QED) is 0.816. The van der Waals surface area contributed by atoms with E-state index >= 15 is 0 Å². The lowest BCUT2D eigenvalue weighted by Gasteiger charge is -2.33. The minimum atomic E-state index is 0.153. The number of nitrogens with one attached hydrogen (secondary N) is 1. The topological polar surface area (TPSA) is 32.3 Å². The number of hydrogen-bond donors (Lipinski definition) is 1. The van der Waals surface area contributed by atoms with Crippen molar-refractivity contribution >= 4 is 5.91 Å². The number of carbonyl (C=O) groups is 1. The zero-order valence-electron chi connectivity index (χ0n) is 9.65. The van der Waals surface area contributed by atoms with Gasteiger partial charge in [0.2, 0.25) is 0 Å². The zero-order valence-corrected chi connectivity index (χ0v) is 9.65. The molecule has 3 nitrogen and oxygen atoms in total. The highest BCUT2D eigenvalue weighted by molar-refractivity contribution is 5.94. The molecular weight excluding hydrogens is 200 g/mol. The molecule has 2 rings (SSSR count). The lowest BCUT2D eigenvalue weighted by molar-refractivity contribution is 0.0701. The van der Waals surface area contributed by atoms with Crippen molar-refractivity contribution in [3.05, 3.63) is 35.9 Å². The molecule has 1 fully saturated rings. The van der Waals surface area contributed by atoms with Crippen molar-refractivity contribution < 1.29 is 4.79 Å². The molecule has 1 atom stereocenters. The maximum Gasteiger partial charge on any atom is 0.253 e. The second kappa shape index (κ2) is 5.12. The maximum absolute atomic E-state index is 12.2. The average Bonchev–Trinajstić information content (AvgIpc) is 2.39. The lowest BCUT2D eigenvalue weighted by Crippen LogP contribution is -2.52. The molecular formula is C13H18N2O. The van der Waals surface area contributed by atoms with Gasteiger partial charge in [-0.25, -0.2) is 0 Å². The van der Waals surface area contributed by atoms with Crippen molar-refractivity contribution in [2.75, 3.05) is 19.6 Å². The highest BCUT2D eigenvalue weighted by atomic mass is 16.2. The fourth-order valence-electron chi connectivity index (χ4n) is 2.05. The van der Waals surface area contributed by atoms with Crippen molar-refractivity contribution in [3.8, 4) is 0 Å². The summed E-state index contributed by atoms with van der Waals surface area (Å²) in [6, 6.07) is 9.96. The summed E-state index contributed by atoms with van der Waals surface area (Å²) in [5.74, 6) is 0.153. The van der Waals surface area contributed by atoms with E-state index in [9.17, 15) is 4.79 Å². The third kappa shape index (κ3) is 2.42. The van der Waals surface area contributed by atoms with Crippen molar-refractivity contribution in [1.82, 2.24) is 10.2 Å². The summed E-state index contributed by atoms with van der Waals surface area (Å²) in [5, 5.41) is 3.41. The Balaban J connectivity index is 2.05. The van der Waals surface area contributed by atoms with Gasteiger partial charge in [-0.2, -0.15) is 0 Å². The Morgan fingerprint density at radius 2 is 2.19 bits per heavy atom. The van der Waals surface area contributed by atoms with Crippen LogP contribution in [0.4, 0.5) is 0 Å². The van der Waals surface area contributed by atoms with Gasteiger partial charge >= 0.3 is 0 Å². The van der Waals surface area contributed by atoms with E-state index in [0.717, 1.165) is 31.6 Å². The Kier molecular flexibility index (Phi) is 3.57. The molecule has 1 aromatic carbocycles. The summed E-state index contributed by atoms with van der Waals surface area (Å²) in [4.78, 5) is 14.1. The predicted molar refractivity (Wildman–Crippen MR) is 64.4 cm³/mol. The Morgan fingerprint density at radius 1 is 1.44 bits per heavy atom. The zero-order chi connectivity index (χ0) is 11.4. The van der Waals surface area contributed by atoms with Crippen LogP contribution in [-0.4, -0.2) is 36.5 Å². The van der Waals surface area contributed by atoms with Crippen LogP contribution in [0.1, 0.15) is 23.7 Å². The smallest absolute Gasteiger partial charge is 0.253 e. The van der Waals surface area contributed by atoms with Crippen molar-refractivity contribution in [3.63, 3.8) is 0 Å². The first kappa shape index (κ1) is 11.1. The summed E-state index contributed by atoms with van der Waals surface area (Å²) in [6.07, 6.45) is 1.07.